The number of primary amides is 1. The van der Waals surface area contributed by atoms with Gasteiger partial charge in [-0.25, -0.2) is 0 Å². The van der Waals surface area contributed by atoms with Crippen molar-refractivity contribution in [1.82, 2.24) is 0 Å². The van der Waals surface area contributed by atoms with Crippen molar-refractivity contribution in [1.29, 1.82) is 0 Å². The van der Waals surface area contributed by atoms with Crippen LogP contribution in [-0.4, -0.2) is 30.3 Å². The van der Waals surface area contributed by atoms with Crippen molar-refractivity contribution in [2.45, 2.75) is 25.5 Å². The summed E-state index contributed by atoms with van der Waals surface area (Å²) in [7, 11) is 1.51. The second kappa shape index (κ2) is 6.40. The SMILES string of the molecule is COc1cc(CO)ccc1OCCC(C)(N)C(N)=O. The molecule has 0 bridgehead atoms. The molecule has 5 N–H and O–H groups in total. The second-order valence-electron chi connectivity index (χ2n) is 4.52. The second-order valence-corrected chi connectivity index (χ2v) is 4.52. The molecule has 6 heteroatoms. The third-order valence-corrected chi connectivity index (χ3v) is 2.85. The first-order valence-corrected chi connectivity index (χ1v) is 5.90. The van der Waals surface area contributed by atoms with Crippen LogP contribution in [0.1, 0.15) is 18.9 Å². The molecule has 0 spiro atoms. The molecule has 0 fully saturated rings. The summed E-state index contributed by atoms with van der Waals surface area (Å²) in [6, 6.07) is 5.11. The minimum absolute atomic E-state index is 0.0703. The summed E-state index contributed by atoms with van der Waals surface area (Å²) < 4.78 is 10.7. The Morgan fingerprint density at radius 1 is 1.42 bits per heavy atom. The van der Waals surface area contributed by atoms with Crippen LogP contribution in [0.25, 0.3) is 0 Å². The largest absolute Gasteiger partial charge is 0.493 e. The van der Waals surface area contributed by atoms with E-state index >= 15 is 0 Å². The summed E-state index contributed by atoms with van der Waals surface area (Å²) in [5.74, 6) is 0.475. The van der Waals surface area contributed by atoms with E-state index in [-0.39, 0.29) is 13.2 Å². The topological polar surface area (TPSA) is 108 Å². The number of carbonyl (C=O) groups excluding carboxylic acids is 1. The Kier molecular flexibility index (Phi) is 5.14. The van der Waals surface area contributed by atoms with Gasteiger partial charge in [-0.15, -0.1) is 0 Å². The van der Waals surface area contributed by atoms with Gasteiger partial charge in [-0.05, 0) is 24.6 Å². The van der Waals surface area contributed by atoms with Crippen LogP contribution in [-0.2, 0) is 11.4 Å². The molecule has 0 aliphatic heterocycles. The van der Waals surface area contributed by atoms with Gasteiger partial charge in [-0.1, -0.05) is 6.07 Å². The minimum atomic E-state index is -1.10. The Hall–Kier alpha value is -1.79. The van der Waals surface area contributed by atoms with Crippen LogP contribution in [0.15, 0.2) is 18.2 Å². The number of amides is 1. The van der Waals surface area contributed by atoms with Crippen LogP contribution in [0.5, 0.6) is 11.5 Å². The average molecular weight is 268 g/mol. The maximum Gasteiger partial charge on any atom is 0.237 e. The predicted molar refractivity (Wildman–Crippen MR) is 70.8 cm³/mol. The Morgan fingerprint density at radius 3 is 2.63 bits per heavy atom. The molecular formula is C13H20N2O4. The highest BCUT2D eigenvalue weighted by atomic mass is 16.5. The maximum atomic E-state index is 11.1. The average Bonchev–Trinajstić information content (AvgIpc) is 2.38. The van der Waals surface area contributed by atoms with Crippen molar-refractivity contribution in [3.05, 3.63) is 23.8 Å². The number of nitrogens with two attached hydrogens (primary N) is 2. The minimum Gasteiger partial charge on any atom is -0.493 e. The first-order valence-electron chi connectivity index (χ1n) is 5.90. The van der Waals surface area contributed by atoms with Crippen molar-refractivity contribution in [2.75, 3.05) is 13.7 Å². The molecule has 0 saturated carbocycles. The molecule has 106 valence electrons. The fourth-order valence-electron chi connectivity index (χ4n) is 1.43. The first kappa shape index (κ1) is 15.3. The van der Waals surface area contributed by atoms with Crippen LogP contribution in [0.3, 0.4) is 0 Å². The van der Waals surface area contributed by atoms with Gasteiger partial charge in [-0.2, -0.15) is 0 Å². The summed E-state index contributed by atoms with van der Waals surface area (Å²) in [6.45, 7) is 1.73. The summed E-state index contributed by atoms with van der Waals surface area (Å²) in [6.07, 6.45) is 0.299. The van der Waals surface area contributed by atoms with Gasteiger partial charge in [-0.3, -0.25) is 4.79 Å². The Morgan fingerprint density at radius 2 is 2.11 bits per heavy atom. The molecule has 0 radical (unpaired) electrons. The third-order valence-electron chi connectivity index (χ3n) is 2.85. The number of benzene rings is 1. The lowest BCUT2D eigenvalue weighted by Crippen LogP contribution is -2.50. The van der Waals surface area contributed by atoms with Crippen LogP contribution >= 0.6 is 0 Å². The number of hydrogen-bond acceptors (Lipinski definition) is 5. The lowest BCUT2D eigenvalue weighted by Gasteiger charge is -2.20. The summed E-state index contributed by atoms with van der Waals surface area (Å²) in [4.78, 5) is 11.1. The quantitative estimate of drug-likeness (QED) is 0.653. The van der Waals surface area contributed by atoms with Crippen molar-refractivity contribution in [3.8, 4) is 11.5 Å². The van der Waals surface area contributed by atoms with Crippen LogP contribution in [0.2, 0.25) is 0 Å². The van der Waals surface area contributed by atoms with Crippen molar-refractivity contribution >= 4 is 5.91 Å². The lowest BCUT2D eigenvalue weighted by molar-refractivity contribution is -0.123. The van der Waals surface area contributed by atoms with Crippen molar-refractivity contribution in [3.63, 3.8) is 0 Å². The standard InChI is InChI=1S/C13H20N2O4/c1-13(15,12(14)17)5-6-19-10-4-3-9(8-16)7-11(10)18-2/h3-4,7,16H,5-6,8,15H2,1-2H3,(H2,14,17). The lowest BCUT2D eigenvalue weighted by atomic mass is 9.99. The van der Waals surface area contributed by atoms with Gasteiger partial charge >= 0.3 is 0 Å². The van der Waals surface area contributed by atoms with Crippen molar-refractivity contribution < 1.29 is 19.4 Å². The Labute approximate surface area is 112 Å². The molecule has 0 aromatic heterocycles. The van der Waals surface area contributed by atoms with Gasteiger partial charge in [0.2, 0.25) is 5.91 Å². The zero-order valence-electron chi connectivity index (χ0n) is 11.2. The van der Waals surface area contributed by atoms with Gasteiger partial charge in [0.1, 0.15) is 0 Å². The molecule has 1 aromatic rings. The number of rotatable bonds is 7. The van der Waals surface area contributed by atoms with Gasteiger partial charge in [0.15, 0.2) is 11.5 Å². The first-order chi connectivity index (χ1) is 8.90. The molecule has 1 unspecified atom stereocenters. The zero-order valence-corrected chi connectivity index (χ0v) is 11.2. The van der Waals surface area contributed by atoms with Crippen LogP contribution < -0.4 is 20.9 Å². The molecule has 6 nitrogen and oxygen atoms in total. The highest BCUT2D eigenvalue weighted by Crippen LogP contribution is 2.28. The number of aliphatic hydroxyl groups is 1. The highest BCUT2D eigenvalue weighted by Gasteiger charge is 2.25. The van der Waals surface area contributed by atoms with E-state index in [1.165, 1.54) is 7.11 Å². The molecule has 0 aliphatic rings. The summed E-state index contributed by atoms with van der Waals surface area (Å²) in [5.41, 5.74) is 10.5. The molecule has 1 aromatic carbocycles. The van der Waals surface area contributed by atoms with Gasteiger partial charge in [0.05, 0.1) is 25.9 Å². The van der Waals surface area contributed by atoms with E-state index in [0.717, 1.165) is 5.56 Å². The van der Waals surface area contributed by atoms with Crippen molar-refractivity contribution in [2.24, 2.45) is 11.5 Å². The maximum absolute atomic E-state index is 11.1. The van der Waals surface area contributed by atoms with Crippen LogP contribution in [0, 0.1) is 0 Å². The molecule has 0 aliphatic carbocycles. The van der Waals surface area contributed by atoms with Crippen LogP contribution in [0.4, 0.5) is 0 Å². The number of hydrogen-bond donors (Lipinski definition) is 3. The van der Waals surface area contributed by atoms with E-state index < -0.39 is 11.4 Å². The van der Waals surface area contributed by atoms with E-state index in [1.54, 1.807) is 25.1 Å². The van der Waals surface area contributed by atoms with E-state index in [1.807, 2.05) is 0 Å². The number of aliphatic hydroxyl groups excluding tert-OH is 1. The fourth-order valence-corrected chi connectivity index (χ4v) is 1.43. The van der Waals surface area contributed by atoms with Gasteiger partial charge in [0.25, 0.3) is 0 Å². The molecule has 0 heterocycles. The molecule has 0 saturated heterocycles. The summed E-state index contributed by atoms with van der Waals surface area (Å²) in [5, 5.41) is 9.03. The Bertz CT molecular complexity index is 446. The number of methoxy groups -OCH3 is 1. The monoisotopic (exact) mass is 268 g/mol. The molecule has 1 rings (SSSR count). The van der Waals surface area contributed by atoms with Gasteiger partial charge < -0.3 is 26.0 Å². The molecular weight excluding hydrogens is 248 g/mol. The highest BCUT2D eigenvalue weighted by molar-refractivity contribution is 5.83. The smallest absolute Gasteiger partial charge is 0.237 e. The normalized spacial score (nSPS) is 13.7. The fraction of sp³-hybridized carbons (Fsp3) is 0.462. The van der Waals surface area contributed by atoms with E-state index in [9.17, 15) is 4.79 Å². The van der Waals surface area contributed by atoms with E-state index in [2.05, 4.69) is 0 Å². The summed E-state index contributed by atoms with van der Waals surface area (Å²) >= 11 is 0. The third kappa shape index (κ3) is 4.11. The van der Waals surface area contributed by atoms with E-state index in [4.69, 9.17) is 26.0 Å². The zero-order chi connectivity index (χ0) is 14.5. The molecule has 1 atom stereocenters. The van der Waals surface area contributed by atoms with E-state index in [0.29, 0.717) is 17.9 Å². The molecule has 19 heavy (non-hydrogen) atoms. The predicted octanol–water partition coefficient (Wildman–Crippen LogP) is 0.159. The Balaban J connectivity index is 2.65. The number of carbonyl (C=O) groups is 1. The number of ether oxygens (including phenoxy) is 2. The molecule has 1 amide bonds. The van der Waals surface area contributed by atoms with Gasteiger partial charge in [0, 0.05) is 6.42 Å².